The number of nitrogens with zero attached hydrogens (tertiary/aromatic N) is 3. The van der Waals surface area contributed by atoms with Gasteiger partial charge in [-0.1, -0.05) is 17.4 Å². The Bertz CT molecular complexity index is 1260. The first-order chi connectivity index (χ1) is 14.3. The first-order valence-corrected chi connectivity index (χ1v) is 12.1. The Kier molecular flexibility index (Phi) is 6.80. The molecule has 0 atom stereocenters. The molecule has 0 aliphatic heterocycles. The van der Waals surface area contributed by atoms with Crippen LogP contribution in [0.15, 0.2) is 47.4 Å². The highest BCUT2D eigenvalue weighted by atomic mass is 32.2. The number of aromatic nitrogens is 2. The van der Waals surface area contributed by atoms with Crippen molar-refractivity contribution >= 4 is 59.7 Å². The van der Waals surface area contributed by atoms with E-state index in [9.17, 15) is 18.0 Å². The number of hydrogen-bond donors (Lipinski definition) is 1. The number of nitrogens with one attached hydrogen (secondary N) is 1. The average Bonchev–Trinajstić information content (AvgIpc) is 3.28. The summed E-state index contributed by atoms with van der Waals surface area (Å²) in [6.45, 7) is 4.10. The Morgan fingerprint density at radius 3 is 2.83 bits per heavy atom. The zero-order valence-electron chi connectivity index (χ0n) is 15.9. The lowest BCUT2D eigenvalue weighted by molar-refractivity contribution is -0.115. The number of allylic oxidation sites excluding steroid dienone is 1. The second-order valence-electron chi connectivity index (χ2n) is 6.04. The van der Waals surface area contributed by atoms with E-state index >= 15 is 0 Å². The van der Waals surface area contributed by atoms with E-state index in [1.54, 1.807) is 29.2 Å². The lowest BCUT2D eigenvalue weighted by atomic mass is 10.3. The molecule has 9 nitrogen and oxygen atoms in total. The minimum Gasteiger partial charge on any atom is -0.497 e. The number of anilines is 1. The molecule has 0 unspecified atom stereocenters. The van der Waals surface area contributed by atoms with Gasteiger partial charge in [0.1, 0.15) is 17.3 Å². The number of fused-ring (bicyclic) bond motifs is 1. The lowest BCUT2D eigenvalue weighted by Crippen LogP contribution is -2.28. The maximum atomic E-state index is 12.3. The largest absolute Gasteiger partial charge is 0.497 e. The molecule has 0 aliphatic rings. The summed E-state index contributed by atoms with van der Waals surface area (Å²) in [7, 11) is -2.44. The van der Waals surface area contributed by atoms with Gasteiger partial charge in [-0.25, -0.2) is 13.4 Å². The van der Waals surface area contributed by atoms with Crippen molar-refractivity contribution in [3.8, 4) is 5.75 Å². The maximum absolute atomic E-state index is 12.3. The minimum absolute atomic E-state index is 0.289. The third-order valence-electron chi connectivity index (χ3n) is 3.80. The van der Waals surface area contributed by atoms with Crippen molar-refractivity contribution in [2.75, 3.05) is 23.9 Å². The smallest absolute Gasteiger partial charge is 0.263 e. The van der Waals surface area contributed by atoms with Crippen LogP contribution in [0.1, 0.15) is 0 Å². The zero-order chi connectivity index (χ0) is 21.7. The molecule has 30 heavy (non-hydrogen) atoms. The van der Waals surface area contributed by atoms with Crippen molar-refractivity contribution in [1.29, 1.82) is 0 Å². The number of benzene rings is 1. The fraction of sp³-hybridized carbons (Fsp3) is 0.222. The van der Waals surface area contributed by atoms with E-state index in [1.165, 1.54) is 17.5 Å². The predicted octanol–water partition coefficient (Wildman–Crippen LogP) is 1.83. The molecule has 0 saturated heterocycles. The molecule has 2 heterocycles. The summed E-state index contributed by atoms with van der Waals surface area (Å²) in [4.78, 5) is 32.4. The van der Waals surface area contributed by atoms with Gasteiger partial charge in [0.15, 0.2) is 19.8 Å². The van der Waals surface area contributed by atoms with Crippen molar-refractivity contribution in [1.82, 2.24) is 9.55 Å². The average molecular weight is 467 g/mol. The second kappa shape index (κ2) is 9.32. The van der Waals surface area contributed by atoms with Crippen molar-refractivity contribution in [2.45, 2.75) is 6.54 Å². The van der Waals surface area contributed by atoms with Crippen LogP contribution in [0.4, 0.5) is 5.13 Å². The molecule has 2 aromatic heterocycles. The molecular weight excluding hydrogens is 448 g/mol. The van der Waals surface area contributed by atoms with Gasteiger partial charge in [-0.15, -0.1) is 17.9 Å². The Morgan fingerprint density at radius 2 is 2.17 bits per heavy atom. The van der Waals surface area contributed by atoms with E-state index in [1.807, 2.05) is 12.1 Å². The molecule has 0 saturated carbocycles. The number of methoxy groups -OCH3 is 1. The molecule has 3 aromatic rings. The number of hydrogen-bond acceptors (Lipinski definition) is 8. The zero-order valence-corrected chi connectivity index (χ0v) is 18.3. The first-order valence-electron chi connectivity index (χ1n) is 8.57. The highest BCUT2D eigenvalue weighted by Crippen LogP contribution is 2.23. The number of carbonyl (C=O) groups is 2. The van der Waals surface area contributed by atoms with Crippen LogP contribution in [-0.2, 0) is 26.0 Å². The van der Waals surface area contributed by atoms with Crippen LogP contribution in [0.2, 0.25) is 0 Å². The second-order valence-corrected chi connectivity index (χ2v) is 10.0. The van der Waals surface area contributed by atoms with Crippen molar-refractivity contribution < 1.29 is 22.7 Å². The number of sulfone groups is 1. The number of thiazole rings is 2. The molecule has 1 N–H and O–H groups in total. The Labute approximate surface area is 180 Å². The van der Waals surface area contributed by atoms with Crippen molar-refractivity contribution in [3.05, 3.63) is 47.2 Å². The van der Waals surface area contributed by atoms with Gasteiger partial charge in [-0.05, 0) is 18.2 Å². The van der Waals surface area contributed by atoms with Crippen LogP contribution >= 0.6 is 22.7 Å². The summed E-state index contributed by atoms with van der Waals surface area (Å²) >= 11 is 2.39. The third-order valence-corrected chi connectivity index (χ3v) is 6.91. The molecule has 3 rings (SSSR count). The molecule has 0 radical (unpaired) electrons. The van der Waals surface area contributed by atoms with Gasteiger partial charge < -0.3 is 14.6 Å². The fourth-order valence-electron chi connectivity index (χ4n) is 2.59. The van der Waals surface area contributed by atoms with E-state index in [2.05, 4.69) is 21.9 Å². The number of amides is 2. The number of carbonyl (C=O) groups excluding carboxylic acids is 2. The molecular formula is C18H18N4O5S3. The highest BCUT2D eigenvalue weighted by Gasteiger charge is 2.21. The quantitative estimate of drug-likeness (QED) is 0.506. The van der Waals surface area contributed by atoms with E-state index in [0.29, 0.717) is 17.1 Å². The first kappa shape index (κ1) is 21.9. The highest BCUT2D eigenvalue weighted by molar-refractivity contribution is 7.92. The number of rotatable bonds is 8. The summed E-state index contributed by atoms with van der Waals surface area (Å²) in [6.07, 6.45) is 3.13. The van der Waals surface area contributed by atoms with Crippen molar-refractivity contribution in [2.24, 2.45) is 4.99 Å². The fourth-order valence-corrected chi connectivity index (χ4v) is 5.23. The van der Waals surface area contributed by atoms with Gasteiger partial charge in [0.2, 0.25) is 5.91 Å². The molecule has 0 fully saturated rings. The van der Waals surface area contributed by atoms with Crippen LogP contribution in [0, 0.1) is 0 Å². The van der Waals surface area contributed by atoms with Crippen LogP contribution < -0.4 is 14.9 Å². The summed E-state index contributed by atoms with van der Waals surface area (Å²) < 4.78 is 32.3. The van der Waals surface area contributed by atoms with E-state index in [4.69, 9.17) is 4.74 Å². The molecule has 0 aliphatic carbocycles. The lowest BCUT2D eigenvalue weighted by Gasteiger charge is -2.03. The summed E-state index contributed by atoms with van der Waals surface area (Å²) in [5.74, 6) is -2.66. The van der Waals surface area contributed by atoms with Crippen molar-refractivity contribution in [3.63, 3.8) is 0 Å². The van der Waals surface area contributed by atoms with Gasteiger partial charge in [0.05, 0.1) is 17.3 Å². The van der Waals surface area contributed by atoms with Gasteiger partial charge in [-0.3, -0.25) is 9.59 Å². The van der Waals surface area contributed by atoms with Gasteiger partial charge in [0, 0.05) is 18.1 Å². The summed E-state index contributed by atoms with van der Waals surface area (Å²) in [6, 6.07) is 5.42. The Morgan fingerprint density at radius 1 is 1.37 bits per heavy atom. The Hall–Kier alpha value is -2.83. The molecule has 158 valence electrons. The molecule has 1 aromatic carbocycles. The standard InChI is InChI=1S/C18H18N4O5S3/c1-3-7-22-13-5-4-12(27-2)9-14(13)29-18(22)21-16(24)11-30(25,26)10-15(23)20-17-19-6-8-28-17/h3-6,8-9H,1,7,10-11H2,2H3,(H,19,20,23). The topological polar surface area (TPSA) is 120 Å². The maximum Gasteiger partial charge on any atom is 0.263 e. The third kappa shape index (κ3) is 5.40. The van der Waals surface area contributed by atoms with E-state index in [0.717, 1.165) is 21.6 Å². The van der Waals surface area contributed by atoms with Gasteiger partial charge in [0.25, 0.3) is 5.91 Å². The SMILES string of the molecule is C=CCn1c(=NC(=O)CS(=O)(=O)CC(=O)Nc2nccs2)sc2cc(OC)ccc21. The summed E-state index contributed by atoms with van der Waals surface area (Å²) in [5.41, 5.74) is 0.818. The van der Waals surface area contributed by atoms with Crippen LogP contribution in [0.3, 0.4) is 0 Å². The molecule has 0 bridgehead atoms. The molecule has 0 spiro atoms. The minimum atomic E-state index is -3.99. The van der Waals surface area contributed by atoms with E-state index < -0.39 is 33.2 Å². The van der Waals surface area contributed by atoms with Crippen LogP contribution in [0.25, 0.3) is 10.2 Å². The molecule has 2 amide bonds. The van der Waals surface area contributed by atoms with Gasteiger partial charge >= 0.3 is 0 Å². The number of ether oxygens (including phenoxy) is 1. The Balaban J connectivity index is 1.81. The van der Waals surface area contributed by atoms with Gasteiger partial charge in [-0.2, -0.15) is 4.99 Å². The summed E-state index contributed by atoms with van der Waals surface area (Å²) in [5, 5.41) is 4.31. The predicted molar refractivity (Wildman–Crippen MR) is 117 cm³/mol. The molecule has 12 heteroatoms. The normalized spacial score (nSPS) is 12.1. The van der Waals surface area contributed by atoms with E-state index in [-0.39, 0.29) is 5.13 Å². The van der Waals surface area contributed by atoms with Crippen LogP contribution in [-0.4, -0.2) is 48.4 Å². The monoisotopic (exact) mass is 466 g/mol. The van der Waals surface area contributed by atoms with Crippen LogP contribution in [0.5, 0.6) is 5.75 Å².